The van der Waals surface area contributed by atoms with Crippen molar-refractivity contribution in [3.63, 3.8) is 0 Å². The van der Waals surface area contributed by atoms with Gasteiger partial charge < -0.3 is 10.6 Å². The lowest BCUT2D eigenvalue weighted by molar-refractivity contribution is 0.583. The van der Waals surface area contributed by atoms with E-state index < -0.39 is 0 Å². The quantitative estimate of drug-likeness (QED) is 0.444. The average Bonchev–Trinajstić information content (AvgIpc) is 2.88. The van der Waals surface area contributed by atoms with Crippen LogP contribution in [0, 0.1) is 5.92 Å². The number of halogens is 1. The maximum absolute atomic E-state index is 4.68. The minimum absolute atomic E-state index is 0. The third-order valence-electron chi connectivity index (χ3n) is 3.37. The summed E-state index contributed by atoms with van der Waals surface area (Å²) in [6, 6.07) is 0.591. The molecule has 1 aliphatic rings. The van der Waals surface area contributed by atoms with E-state index in [-0.39, 0.29) is 29.4 Å². The Balaban J connectivity index is 0.00000220. The zero-order valence-corrected chi connectivity index (χ0v) is 16.7. The number of aromatic nitrogens is 1. The predicted octanol–water partition coefficient (Wildman–Crippen LogP) is 3.52. The lowest BCUT2D eigenvalue weighted by atomic mass is 9.98. The fraction of sp³-hybridized carbons (Fsp3) is 0.733. The van der Waals surface area contributed by atoms with Gasteiger partial charge in [0.15, 0.2) is 5.96 Å². The number of aliphatic imine (C=N–C) groups is 1. The first kappa shape index (κ1) is 18.7. The monoisotopic (exact) mass is 422 g/mol. The molecule has 0 spiro atoms. The van der Waals surface area contributed by atoms with Crippen LogP contribution in [0.25, 0.3) is 0 Å². The maximum atomic E-state index is 4.68. The Labute approximate surface area is 149 Å². The van der Waals surface area contributed by atoms with Crippen molar-refractivity contribution in [2.75, 3.05) is 6.54 Å². The molecule has 2 rings (SSSR count). The van der Waals surface area contributed by atoms with Gasteiger partial charge in [0.25, 0.3) is 0 Å². The molecule has 0 aliphatic heterocycles. The zero-order chi connectivity index (χ0) is 14.8. The van der Waals surface area contributed by atoms with E-state index in [0.29, 0.717) is 12.6 Å². The number of thiazole rings is 1. The van der Waals surface area contributed by atoms with Gasteiger partial charge >= 0.3 is 0 Å². The van der Waals surface area contributed by atoms with E-state index in [1.165, 1.54) is 11.4 Å². The van der Waals surface area contributed by atoms with Gasteiger partial charge in [-0.25, -0.2) is 9.98 Å². The van der Waals surface area contributed by atoms with Crippen molar-refractivity contribution >= 4 is 41.3 Å². The zero-order valence-electron chi connectivity index (χ0n) is 13.6. The van der Waals surface area contributed by atoms with Crippen LogP contribution in [0.3, 0.4) is 0 Å². The smallest absolute Gasteiger partial charge is 0.191 e. The Kier molecular flexibility index (Phi) is 6.90. The summed E-state index contributed by atoms with van der Waals surface area (Å²) in [5, 5.41) is 10.1. The van der Waals surface area contributed by atoms with E-state index >= 15 is 0 Å². The van der Waals surface area contributed by atoms with Crippen molar-refractivity contribution in [3.05, 3.63) is 16.1 Å². The van der Waals surface area contributed by atoms with Crippen LogP contribution in [0.2, 0.25) is 0 Å². The first-order chi connectivity index (χ1) is 9.40. The molecule has 4 nitrogen and oxygen atoms in total. The summed E-state index contributed by atoms with van der Waals surface area (Å²) in [4.78, 5) is 9.31. The van der Waals surface area contributed by atoms with Gasteiger partial charge in [0.1, 0.15) is 0 Å². The second kappa shape index (κ2) is 7.76. The second-order valence-electron chi connectivity index (χ2n) is 6.55. The Morgan fingerprint density at radius 1 is 1.48 bits per heavy atom. The van der Waals surface area contributed by atoms with Crippen molar-refractivity contribution in [3.8, 4) is 0 Å². The number of nitrogens with zero attached hydrogens (tertiary/aromatic N) is 2. The molecule has 2 N–H and O–H groups in total. The lowest BCUT2D eigenvalue weighted by Gasteiger charge is -2.13. The highest BCUT2D eigenvalue weighted by molar-refractivity contribution is 14.0. The van der Waals surface area contributed by atoms with E-state index in [4.69, 9.17) is 0 Å². The normalized spacial score (nSPS) is 21.7. The standard InChI is InChI=1S/C15H26N4S.HI/c1-6-16-14(19-12-7-10(12)2)17-8-11-9-20-13(18-11)15(3,4)5;/h9-10,12H,6-8H2,1-5H3,(H2,16,17,19);1H. The van der Waals surface area contributed by atoms with Crippen molar-refractivity contribution in [2.24, 2.45) is 10.9 Å². The Bertz CT molecular complexity index is 478. The molecule has 2 atom stereocenters. The third-order valence-corrected chi connectivity index (χ3v) is 4.69. The van der Waals surface area contributed by atoms with Crippen LogP contribution in [0.1, 0.15) is 51.7 Å². The number of hydrogen-bond acceptors (Lipinski definition) is 3. The summed E-state index contributed by atoms with van der Waals surface area (Å²) < 4.78 is 0. The number of rotatable bonds is 4. The minimum Gasteiger partial charge on any atom is -0.357 e. The molecule has 1 aromatic rings. The molecule has 21 heavy (non-hydrogen) atoms. The van der Waals surface area contributed by atoms with Crippen LogP contribution in [0.4, 0.5) is 0 Å². The molecule has 1 fully saturated rings. The van der Waals surface area contributed by atoms with Crippen molar-refractivity contribution in [2.45, 2.75) is 59.0 Å². The largest absolute Gasteiger partial charge is 0.357 e. The van der Waals surface area contributed by atoms with Crippen LogP contribution >= 0.6 is 35.3 Å². The van der Waals surface area contributed by atoms with Gasteiger partial charge in [-0.15, -0.1) is 35.3 Å². The molecule has 1 aromatic heterocycles. The lowest BCUT2D eigenvalue weighted by Crippen LogP contribution is -2.39. The van der Waals surface area contributed by atoms with Gasteiger partial charge in [-0.2, -0.15) is 0 Å². The second-order valence-corrected chi connectivity index (χ2v) is 7.41. The Morgan fingerprint density at radius 2 is 2.14 bits per heavy atom. The Hall–Kier alpha value is -0.370. The van der Waals surface area contributed by atoms with Gasteiger partial charge in [-0.05, 0) is 19.3 Å². The highest BCUT2D eigenvalue weighted by Crippen LogP contribution is 2.29. The minimum atomic E-state index is 0. The van der Waals surface area contributed by atoms with E-state index in [2.05, 4.69) is 60.6 Å². The summed E-state index contributed by atoms with van der Waals surface area (Å²) in [6.07, 6.45) is 1.25. The van der Waals surface area contributed by atoms with E-state index in [0.717, 1.165) is 24.1 Å². The van der Waals surface area contributed by atoms with Gasteiger partial charge in [0, 0.05) is 23.4 Å². The van der Waals surface area contributed by atoms with Crippen molar-refractivity contribution < 1.29 is 0 Å². The predicted molar refractivity (Wildman–Crippen MR) is 102 cm³/mol. The maximum Gasteiger partial charge on any atom is 0.191 e. The molecule has 0 amide bonds. The SMILES string of the molecule is CCNC(=NCc1csc(C(C)(C)C)n1)NC1CC1C.I. The molecule has 6 heteroatoms. The van der Waals surface area contributed by atoms with E-state index in [1.807, 2.05) is 0 Å². The van der Waals surface area contributed by atoms with Gasteiger partial charge in [0.2, 0.25) is 0 Å². The fourth-order valence-corrected chi connectivity index (χ4v) is 2.80. The number of guanidine groups is 1. The molecular weight excluding hydrogens is 395 g/mol. The molecule has 0 aromatic carbocycles. The van der Waals surface area contributed by atoms with Crippen LogP contribution in [-0.2, 0) is 12.0 Å². The van der Waals surface area contributed by atoms with E-state index in [9.17, 15) is 0 Å². The highest BCUT2D eigenvalue weighted by atomic mass is 127. The molecule has 120 valence electrons. The third kappa shape index (κ3) is 5.73. The van der Waals surface area contributed by atoms with Gasteiger partial charge in [-0.1, -0.05) is 27.7 Å². The number of nitrogens with one attached hydrogen (secondary N) is 2. The molecule has 1 aliphatic carbocycles. The van der Waals surface area contributed by atoms with Crippen molar-refractivity contribution in [1.29, 1.82) is 0 Å². The fourth-order valence-electron chi connectivity index (χ4n) is 1.90. The summed E-state index contributed by atoms with van der Waals surface area (Å²) in [6.45, 7) is 12.5. The molecule has 2 unspecified atom stereocenters. The van der Waals surface area contributed by atoms with Crippen LogP contribution < -0.4 is 10.6 Å². The molecule has 0 saturated heterocycles. The molecule has 0 radical (unpaired) electrons. The Morgan fingerprint density at radius 3 is 2.62 bits per heavy atom. The topological polar surface area (TPSA) is 49.3 Å². The van der Waals surface area contributed by atoms with Crippen molar-refractivity contribution in [1.82, 2.24) is 15.6 Å². The van der Waals surface area contributed by atoms with Crippen LogP contribution in [0.15, 0.2) is 10.4 Å². The highest BCUT2D eigenvalue weighted by Gasteiger charge is 2.33. The summed E-state index contributed by atoms with van der Waals surface area (Å²) in [7, 11) is 0. The molecular formula is C15H27IN4S. The first-order valence-electron chi connectivity index (χ1n) is 7.40. The average molecular weight is 422 g/mol. The summed E-state index contributed by atoms with van der Waals surface area (Å²) >= 11 is 1.73. The molecule has 0 bridgehead atoms. The molecule has 1 saturated carbocycles. The molecule has 1 heterocycles. The van der Waals surface area contributed by atoms with Crippen LogP contribution in [-0.4, -0.2) is 23.5 Å². The number of hydrogen-bond donors (Lipinski definition) is 2. The van der Waals surface area contributed by atoms with Gasteiger partial charge in [-0.3, -0.25) is 0 Å². The van der Waals surface area contributed by atoms with Gasteiger partial charge in [0.05, 0.1) is 17.2 Å². The van der Waals surface area contributed by atoms with Crippen LogP contribution in [0.5, 0.6) is 0 Å². The van der Waals surface area contributed by atoms with E-state index in [1.54, 1.807) is 11.3 Å². The summed E-state index contributed by atoms with van der Waals surface area (Å²) in [5.74, 6) is 1.68. The first-order valence-corrected chi connectivity index (χ1v) is 8.28. The summed E-state index contributed by atoms with van der Waals surface area (Å²) in [5.41, 5.74) is 1.18.